The number of ether oxygens (including phenoxy) is 1. The third-order valence-corrected chi connectivity index (χ3v) is 3.81. The first-order valence-electron chi connectivity index (χ1n) is 5.09. The van der Waals surface area contributed by atoms with Gasteiger partial charge in [0.15, 0.2) is 0 Å². The lowest BCUT2D eigenvalue weighted by Crippen LogP contribution is -2.26. The Balaban J connectivity index is 2.97. The molecule has 0 saturated heterocycles. The topological polar surface area (TPSA) is 45.9 Å². The van der Waals surface area contributed by atoms with E-state index in [-0.39, 0.29) is 5.60 Å². The Labute approximate surface area is 94.7 Å². The molecule has 0 bridgehead atoms. The zero-order valence-corrected chi connectivity index (χ0v) is 10.2. The normalized spacial score (nSPS) is 11.3. The van der Waals surface area contributed by atoms with Gasteiger partial charge in [0.05, 0.1) is 18.2 Å². The zero-order valence-electron chi connectivity index (χ0n) is 9.41. The molecule has 1 aromatic rings. The van der Waals surface area contributed by atoms with E-state index in [9.17, 15) is 0 Å². The minimum atomic E-state index is -0.266. The minimum Gasteiger partial charge on any atom is -0.371 e. The number of hydrogen-bond acceptors (Lipinski definition) is 4. The van der Waals surface area contributed by atoms with Crippen LogP contribution in [0.5, 0.6) is 0 Å². The highest BCUT2D eigenvalue weighted by Crippen LogP contribution is 2.34. The first-order chi connectivity index (χ1) is 7.22. The van der Waals surface area contributed by atoms with Gasteiger partial charge in [-0.1, -0.05) is 13.8 Å². The summed E-state index contributed by atoms with van der Waals surface area (Å²) in [6.07, 6.45) is 2.18. The molecule has 0 amide bonds. The predicted molar refractivity (Wildman–Crippen MR) is 60.7 cm³/mol. The fourth-order valence-electron chi connectivity index (χ4n) is 1.61. The maximum Gasteiger partial charge on any atom is 0.125 e. The highest BCUT2D eigenvalue weighted by atomic mass is 32.1. The summed E-state index contributed by atoms with van der Waals surface area (Å²) >= 11 is 1.58. The Morgan fingerprint density at radius 2 is 2.20 bits per heavy atom. The summed E-state index contributed by atoms with van der Waals surface area (Å²) in [7, 11) is 1.72. The van der Waals surface area contributed by atoms with Crippen molar-refractivity contribution in [3.63, 3.8) is 0 Å². The average molecular weight is 224 g/mol. The van der Waals surface area contributed by atoms with Gasteiger partial charge in [0.1, 0.15) is 10.6 Å². The number of methoxy groups -OCH3 is 1. The highest BCUT2D eigenvalue weighted by Gasteiger charge is 2.31. The molecule has 1 heterocycles. The van der Waals surface area contributed by atoms with Gasteiger partial charge in [-0.2, -0.15) is 5.26 Å². The SMILES string of the molecule is CCC(CC)(OC)c1nc(CC#N)cs1. The first-order valence-corrected chi connectivity index (χ1v) is 5.97. The van der Waals surface area contributed by atoms with Crippen LogP contribution in [0.2, 0.25) is 0 Å². The Bertz CT molecular complexity index is 341. The summed E-state index contributed by atoms with van der Waals surface area (Å²) in [6.45, 7) is 4.19. The van der Waals surface area contributed by atoms with Gasteiger partial charge in [0.25, 0.3) is 0 Å². The Morgan fingerprint density at radius 3 is 2.67 bits per heavy atom. The van der Waals surface area contributed by atoms with E-state index in [2.05, 4.69) is 24.9 Å². The monoisotopic (exact) mass is 224 g/mol. The van der Waals surface area contributed by atoms with Crippen LogP contribution in [0.4, 0.5) is 0 Å². The zero-order chi connectivity index (χ0) is 11.3. The summed E-state index contributed by atoms with van der Waals surface area (Å²) < 4.78 is 5.58. The van der Waals surface area contributed by atoms with Crippen molar-refractivity contribution in [1.82, 2.24) is 4.98 Å². The molecule has 3 nitrogen and oxygen atoms in total. The molecule has 0 aliphatic carbocycles. The summed E-state index contributed by atoms with van der Waals surface area (Å²) in [5.41, 5.74) is 0.582. The molecular formula is C11H16N2OS. The van der Waals surface area contributed by atoms with Crippen molar-refractivity contribution in [1.29, 1.82) is 5.26 Å². The lowest BCUT2D eigenvalue weighted by molar-refractivity contribution is -0.0219. The van der Waals surface area contributed by atoms with Gasteiger partial charge in [-0.15, -0.1) is 11.3 Å². The van der Waals surface area contributed by atoms with Gasteiger partial charge < -0.3 is 4.74 Å². The van der Waals surface area contributed by atoms with Crippen LogP contribution in [0.25, 0.3) is 0 Å². The van der Waals surface area contributed by atoms with E-state index in [4.69, 9.17) is 10.00 Å². The predicted octanol–water partition coefficient (Wildman–Crippen LogP) is 2.87. The van der Waals surface area contributed by atoms with Crippen molar-refractivity contribution in [2.24, 2.45) is 0 Å². The second-order valence-electron chi connectivity index (χ2n) is 3.38. The van der Waals surface area contributed by atoms with Crippen LogP contribution >= 0.6 is 11.3 Å². The largest absolute Gasteiger partial charge is 0.371 e. The number of thiazole rings is 1. The molecule has 82 valence electrons. The van der Waals surface area contributed by atoms with Crippen LogP contribution in [0.15, 0.2) is 5.38 Å². The summed E-state index contributed by atoms with van der Waals surface area (Å²) in [6, 6.07) is 2.11. The van der Waals surface area contributed by atoms with E-state index in [1.54, 1.807) is 18.4 Å². The van der Waals surface area contributed by atoms with E-state index in [0.717, 1.165) is 23.5 Å². The second-order valence-corrected chi connectivity index (χ2v) is 4.24. The van der Waals surface area contributed by atoms with Gasteiger partial charge >= 0.3 is 0 Å². The van der Waals surface area contributed by atoms with E-state index in [1.807, 2.05) is 5.38 Å². The molecule has 0 radical (unpaired) electrons. The molecular weight excluding hydrogens is 208 g/mol. The van der Waals surface area contributed by atoms with Crippen molar-refractivity contribution in [3.8, 4) is 6.07 Å². The standard InChI is InChI=1S/C11H16N2OS/c1-4-11(5-2,14-3)10-13-9(6-7-12)8-15-10/h8H,4-6H2,1-3H3. The molecule has 4 heteroatoms. The summed E-state index contributed by atoms with van der Waals surface area (Å²) in [4.78, 5) is 4.46. The van der Waals surface area contributed by atoms with Gasteiger partial charge in [-0.3, -0.25) is 0 Å². The van der Waals surface area contributed by atoms with Gasteiger partial charge in [0, 0.05) is 12.5 Å². The van der Waals surface area contributed by atoms with Crippen LogP contribution in [-0.2, 0) is 16.8 Å². The molecule has 0 fully saturated rings. The number of hydrogen-bond donors (Lipinski definition) is 0. The minimum absolute atomic E-state index is 0.266. The number of nitriles is 1. The number of aromatic nitrogens is 1. The van der Waals surface area contributed by atoms with Gasteiger partial charge in [-0.05, 0) is 12.8 Å². The molecule has 1 aromatic heterocycles. The molecule has 0 aliphatic heterocycles. The van der Waals surface area contributed by atoms with Gasteiger partial charge in [0.2, 0.25) is 0 Å². The second kappa shape index (κ2) is 5.24. The maximum atomic E-state index is 8.59. The van der Waals surface area contributed by atoms with Crippen LogP contribution in [0, 0.1) is 11.3 Å². The lowest BCUT2D eigenvalue weighted by atomic mass is 9.98. The van der Waals surface area contributed by atoms with Crippen molar-refractivity contribution in [2.45, 2.75) is 38.7 Å². The Hall–Kier alpha value is -0.920. The molecule has 0 atom stereocenters. The van der Waals surface area contributed by atoms with Crippen LogP contribution < -0.4 is 0 Å². The van der Waals surface area contributed by atoms with E-state index >= 15 is 0 Å². The fraction of sp³-hybridized carbons (Fsp3) is 0.636. The van der Waals surface area contributed by atoms with Crippen LogP contribution in [-0.4, -0.2) is 12.1 Å². The molecule has 0 saturated carbocycles. The molecule has 1 rings (SSSR count). The number of nitrogens with zero attached hydrogens (tertiary/aromatic N) is 2. The van der Waals surface area contributed by atoms with E-state index in [1.165, 1.54) is 0 Å². The summed E-state index contributed by atoms with van der Waals surface area (Å²) in [5, 5.41) is 11.5. The Morgan fingerprint density at radius 1 is 1.53 bits per heavy atom. The third kappa shape index (κ3) is 2.36. The van der Waals surface area contributed by atoms with Crippen molar-refractivity contribution in [3.05, 3.63) is 16.1 Å². The fourth-order valence-corrected chi connectivity index (χ4v) is 2.75. The first kappa shape index (κ1) is 12.2. The smallest absolute Gasteiger partial charge is 0.125 e. The number of rotatable bonds is 5. The van der Waals surface area contributed by atoms with E-state index < -0.39 is 0 Å². The van der Waals surface area contributed by atoms with E-state index in [0.29, 0.717) is 6.42 Å². The third-order valence-electron chi connectivity index (χ3n) is 2.73. The van der Waals surface area contributed by atoms with Crippen LogP contribution in [0.1, 0.15) is 37.4 Å². The highest BCUT2D eigenvalue weighted by molar-refractivity contribution is 7.09. The van der Waals surface area contributed by atoms with Crippen molar-refractivity contribution >= 4 is 11.3 Å². The quantitative estimate of drug-likeness (QED) is 0.772. The molecule has 15 heavy (non-hydrogen) atoms. The summed E-state index contributed by atoms with van der Waals surface area (Å²) in [5.74, 6) is 0. The average Bonchev–Trinajstić information content (AvgIpc) is 2.71. The molecule has 0 aromatic carbocycles. The van der Waals surface area contributed by atoms with Crippen LogP contribution in [0.3, 0.4) is 0 Å². The molecule has 0 unspecified atom stereocenters. The maximum absolute atomic E-state index is 8.59. The molecule has 0 spiro atoms. The van der Waals surface area contributed by atoms with Gasteiger partial charge in [-0.25, -0.2) is 4.98 Å². The molecule has 0 N–H and O–H groups in total. The lowest BCUT2D eigenvalue weighted by Gasteiger charge is -2.27. The molecule has 0 aliphatic rings. The Kier molecular flexibility index (Phi) is 4.25. The van der Waals surface area contributed by atoms with Crippen molar-refractivity contribution < 1.29 is 4.74 Å². The van der Waals surface area contributed by atoms with Crippen molar-refractivity contribution in [2.75, 3.05) is 7.11 Å².